The molecule has 1 aromatic carbocycles. The number of rotatable bonds is 5. The number of nitriles is 1. The van der Waals surface area contributed by atoms with Crippen molar-refractivity contribution in [2.75, 3.05) is 13.2 Å². The highest BCUT2D eigenvalue weighted by Gasteiger charge is 2.09. The molecule has 0 bridgehead atoms. The van der Waals surface area contributed by atoms with Crippen LogP contribution in [0.15, 0.2) is 24.3 Å². The van der Waals surface area contributed by atoms with Crippen molar-refractivity contribution in [1.82, 2.24) is 9.55 Å². The van der Waals surface area contributed by atoms with Gasteiger partial charge < -0.3 is 9.30 Å². The molecule has 0 radical (unpaired) electrons. The van der Waals surface area contributed by atoms with Gasteiger partial charge in [0.05, 0.1) is 30.1 Å². The Labute approximate surface area is 100 Å². The van der Waals surface area contributed by atoms with Crippen LogP contribution in [0.1, 0.15) is 12.7 Å². The highest BCUT2D eigenvalue weighted by Crippen LogP contribution is 2.16. The summed E-state index contributed by atoms with van der Waals surface area (Å²) in [6.45, 7) is 4.07. The third-order valence-corrected chi connectivity index (χ3v) is 2.63. The van der Waals surface area contributed by atoms with Gasteiger partial charge in [-0.05, 0) is 19.1 Å². The minimum absolute atomic E-state index is 0.334. The summed E-state index contributed by atoms with van der Waals surface area (Å²) in [6.07, 6.45) is 0.334. The number of para-hydroxylation sites is 2. The summed E-state index contributed by atoms with van der Waals surface area (Å²) < 4.78 is 7.42. The molecule has 0 fully saturated rings. The molecule has 0 saturated carbocycles. The quantitative estimate of drug-likeness (QED) is 0.738. The van der Waals surface area contributed by atoms with E-state index in [9.17, 15) is 0 Å². The first-order valence-electron chi connectivity index (χ1n) is 5.75. The lowest BCUT2D eigenvalue weighted by atomic mass is 10.3. The molecule has 0 aliphatic heterocycles. The van der Waals surface area contributed by atoms with Gasteiger partial charge >= 0.3 is 0 Å². The van der Waals surface area contributed by atoms with Gasteiger partial charge in [0.2, 0.25) is 0 Å². The van der Waals surface area contributed by atoms with E-state index in [1.54, 1.807) is 0 Å². The summed E-state index contributed by atoms with van der Waals surface area (Å²) in [5.74, 6) is 0.813. The van der Waals surface area contributed by atoms with Crippen LogP contribution in [0.4, 0.5) is 0 Å². The highest BCUT2D eigenvalue weighted by molar-refractivity contribution is 5.75. The summed E-state index contributed by atoms with van der Waals surface area (Å²) >= 11 is 0. The zero-order chi connectivity index (χ0) is 12.1. The molecule has 1 heterocycles. The maximum atomic E-state index is 8.81. The van der Waals surface area contributed by atoms with Crippen LogP contribution in [0.25, 0.3) is 11.0 Å². The summed E-state index contributed by atoms with van der Waals surface area (Å²) in [7, 11) is 0. The molecule has 4 nitrogen and oxygen atoms in total. The van der Waals surface area contributed by atoms with Gasteiger partial charge in [-0.1, -0.05) is 12.1 Å². The number of nitrogens with zero attached hydrogens (tertiary/aromatic N) is 3. The van der Waals surface area contributed by atoms with Crippen molar-refractivity contribution in [2.24, 2.45) is 0 Å². The van der Waals surface area contributed by atoms with Crippen LogP contribution in [0, 0.1) is 11.3 Å². The van der Waals surface area contributed by atoms with E-state index in [-0.39, 0.29) is 0 Å². The van der Waals surface area contributed by atoms with E-state index < -0.39 is 0 Å². The molecule has 0 spiro atoms. The SMILES string of the molecule is CCOCCn1c(CC#N)nc2ccccc21. The lowest BCUT2D eigenvalue weighted by Crippen LogP contribution is -2.09. The van der Waals surface area contributed by atoms with Crippen LogP contribution in [0.2, 0.25) is 0 Å². The Morgan fingerprint density at radius 3 is 3.00 bits per heavy atom. The molecule has 0 aliphatic carbocycles. The van der Waals surface area contributed by atoms with Gasteiger partial charge in [-0.2, -0.15) is 5.26 Å². The van der Waals surface area contributed by atoms with Crippen molar-refractivity contribution >= 4 is 11.0 Å². The maximum Gasteiger partial charge on any atom is 0.124 e. The topological polar surface area (TPSA) is 50.8 Å². The minimum atomic E-state index is 0.334. The van der Waals surface area contributed by atoms with Gasteiger partial charge in [0, 0.05) is 13.2 Å². The molecule has 0 N–H and O–H groups in total. The number of hydrogen-bond acceptors (Lipinski definition) is 3. The first-order chi connectivity index (χ1) is 8.36. The molecular weight excluding hydrogens is 214 g/mol. The van der Waals surface area contributed by atoms with Crippen LogP contribution in [0.5, 0.6) is 0 Å². The highest BCUT2D eigenvalue weighted by atomic mass is 16.5. The Morgan fingerprint density at radius 1 is 1.41 bits per heavy atom. The fourth-order valence-corrected chi connectivity index (χ4v) is 1.88. The van der Waals surface area contributed by atoms with Gasteiger partial charge in [0.15, 0.2) is 0 Å². The molecule has 0 amide bonds. The number of benzene rings is 1. The van der Waals surface area contributed by atoms with Crippen molar-refractivity contribution in [2.45, 2.75) is 19.9 Å². The summed E-state index contributed by atoms with van der Waals surface area (Å²) in [5.41, 5.74) is 2.01. The molecule has 0 unspecified atom stereocenters. The van der Waals surface area contributed by atoms with Crippen molar-refractivity contribution < 1.29 is 4.74 Å². The Balaban J connectivity index is 2.34. The van der Waals surface area contributed by atoms with Crippen LogP contribution in [-0.2, 0) is 17.7 Å². The van der Waals surface area contributed by atoms with Gasteiger partial charge in [-0.25, -0.2) is 4.98 Å². The fourth-order valence-electron chi connectivity index (χ4n) is 1.88. The Bertz CT molecular complexity index is 539. The van der Waals surface area contributed by atoms with Crippen molar-refractivity contribution in [3.05, 3.63) is 30.1 Å². The van der Waals surface area contributed by atoms with Crippen LogP contribution in [0.3, 0.4) is 0 Å². The largest absolute Gasteiger partial charge is 0.380 e. The standard InChI is InChI=1S/C13H15N3O/c1-2-17-10-9-16-12-6-4-3-5-11(12)15-13(16)7-8-14/h3-6H,2,7,9-10H2,1H3. The second-order valence-corrected chi connectivity index (χ2v) is 3.70. The monoisotopic (exact) mass is 229 g/mol. The smallest absolute Gasteiger partial charge is 0.124 e. The minimum Gasteiger partial charge on any atom is -0.380 e. The lowest BCUT2D eigenvalue weighted by Gasteiger charge is -2.07. The Hall–Kier alpha value is -1.86. The van der Waals surface area contributed by atoms with Crippen molar-refractivity contribution in [3.63, 3.8) is 0 Å². The van der Waals surface area contributed by atoms with Crippen molar-refractivity contribution in [1.29, 1.82) is 5.26 Å². The van der Waals surface area contributed by atoms with Crippen molar-refractivity contribution in [3.8, 4) is 6.07 Å². The normalized spacial score (nSPS) is 10.6. The fraction of sp³-hybridized carbons (Fsp3) is 0.385. The second-order valence-electron chi connectivity index (χ2n) is 3.70. The zero-order valence-corrected chi connectivity index (χ0v) is 9.89. The molecular formula is C13H15N3O. The predicted molar refractivity (Wildman–Crippen MR) is 65.5 cm³/mol. The van der Waals surface area contributed by atoms with E-state index in [2.05, 4.69) is 15.6 Å². The van der Waals surface area contributed by atoms with Gasteiger partial charge in [-0.15, -0.1) is 0 Å². The molecule has 17 heavy (non-hydrogen) atoms. The summed E-state index contributed by atoms with van der Waals surface area (Å²) in [6, 6.07) is 10.1. The molecule has 2 rings (SSSR count). The van der Waals surface area contributed by atoms with Gasteiger partial charge in [-0.3, -0.25) is 0 Å². The summed E-state index contributed by atoms with van der Waals surface area (Å²) in [4.78, 5) is 4.47. The lowest BCUT2D eigenvalue weighted by molar-refractivity contribution is 0.139. The number of aromatic nitrogens is 2. The molecule has 4 heteroatoms. The summed E-state index contributed by atoms with van der Waals surface area (Å²) in [5, 5.41) is 8.81. The number of hydrogen-bond donors (Lipinski definition) is 0. The van der Waals surface area contributed by atoms with E-state index in [1.165, 1.54) is 0 Å². The number of imidazole rings is 1. The third kappa shape index (κ3) is 2.45. The molecule has 1 aromatic heterocycles. The van der Waals surface area contributed by atoms with Gasteiger partial charge in [0.25, 0.3) is 0 Å². The first-order valence-corrected chi connectivity index (χ1v) is 5.75. The van der Waals surface area contributed by atoms with Gasteiger partial charge in [0.1, 0.15) is 5.82 Å². The predicted octanol–water partition coefficient (Wildman–Crippen LogP) is 2.14. The van der Waals surface area contributed by atoms with E-state index in [4.69, 9.17) is 10.00 Å². The number of fused-ring (bicyclic) bond motifs is 1. The molecule has 2 aromatic rings. The zero-order valence-electron chi connectivity index (χ0n) is 9.89. The van der Waals surface area contributed by atoms with Crippen LogP contribution < -0.4 is 0 Å². The first kappa shape index (κ1) is 11.6. The maximum absolute atomic E-state index is 8.81. The van der Waals surface area contributed by atoms with E-state index in [1.807, 2.05) is 31.2 Å². The van der Waals surface area contributed by atoms with E-state index in [0.29, 0.717) is 19.6 Å². The average Bonchev–Trinajstić information content (AvgIpc) is 2.69. The van der Waals surface area contributed by atoms with E-state index in [0.717, 1.165) is 23.4 Å². The molecule has 0 atom stereocenters. The Kier molecular flexibility index (Phi) is 3.73. The molecule has 0 saturated heterocycles. The van der Waals surface area contributed by atoms with Crippen LogP contribution >= 0.6 is 0 Å². The molecule has 0 aliphatic rings. The van der Waals surface area contributed by atoms with E-state index >= 15 is 0 Å². The van der Waals surface area contributed by atoms with Crippen LogP contribution in [-0.4, -0.2) is 22.8 Å². The Morgan fingerprint density at radius 2 is 2.24 bits per heavy atom. The molecule has 88 valence electrons. The third-order valence-electron chi connectivity index (χ3n) is 2.63. The second kappa shape index (κ2) is 5.46. The average molecular weight is 229 g/mol. The number of ether oxygens (including phenoxy) is 1.